The lowest BCUT2D eigenvalue weighted by molar-refractivity contribution is 0.1000. The summed E-state index contributed by atoms with van der Waals surface area (Å²) in [6, 6.07) is 8.92. The molecule has 1 aliphatic rings. The molecule has 2 N–H and O–H groups in total. The summed E-state index contributed by atoms with van der Waals surface area (Å²) in [6.07, 6.45) is 2.66. The number of primary amides is 1. The van der Waals surface area contributed by atoms with E-state index in [0.29, 0.717) is 24.3 Å². The zero-order chi connectivity index (χ0) is 12.3. The summed E-state index contributed by atoms with van der Waals surface area (Å²) < 4.78 is 5.62. The van der Waals surface area contributed by atoms with Crippen LogP contribution < -0.4 is 10.5 Å². The second kappa shape index (κ2) is 4.46. The number of rotatable bonds is 5. The van der Waals surface area contributed by atoms with Crippen LogP contribution in [0.3, 0.4) is 0 Å². The highest BCUT2D eigenvalue weighted by Gasteiger charge is 2.43. The van der Waals surface area contributed by atoms with Crippen molar-refractivity contribution in [1.82, 2.24) is 0 Å². The predicted octanol–water partition coefficient (Wildman–Crippen LogP) is 1.86. The van der Waals surface area contributed by atoms with Gasteiger partial charge in [-0.25, -0.2) is 0 Å². The second-order valence-electron chi connectivity index (χ2n) is 4.51. The van der Waals surface area contributed by atoms with Crippen LogP contribution in [0.5, 0.6) is 5.75 Å². The highest BCUT2D eigenvalue weighted by atomic mass is 16.5. The molecule has 17 heavy (non-hydrogen) atoms. The van der Waals surface area contributed by atoms with E-state index in [4.69, 9.17) is 15.7 Å². The molecule has 88 valence electrons. The first-order valence-electron chi connectivity index (χ1n) is 5.55. The number of nitriles is 1. The maximum atomic E-state index is 10.9. The molecule has 0 unspecified atom stereocenters. The van der Waals surface area contributed by atoms with Gasteiger partial charge in [0.2, 0.25) is 5.91 Å². The van der Waals surface area contributed by atoms with E-state index < -0.39 is 5.91 Å². The molecule has 0 atom stereocenters. The zero-order valence-corrected chi connectivity index (χ0v) is 9.48. The van der Waals surface area contributed by atoms with Gasteiger partial charge in [-0.3, -0.25) is 4.79 Å². The van der Waals surface area contributed by atoms with Crippen LogP contribution in [-0.4, -0.2) is 12.5 Å². The fourth-order valence-electron chi connectivity index (χ4n) is 1.67. The fraction of sp³-hybridized carbons (Fsp3) is 0.385. The lowest BCUT2D eigenvalue weighted by atomic mass is 10.1. The summed E-state index contributed by atoms with van der Waals surface area (Å²) in [4.78, 5) is 10.9. The van der Waals surface area contributed by atoms with Gasteiger partial charge in [-0.1, -0.05) is 0 Å². The molecule has 1 aliphatic carbocycles. The first kappa shape index (κ1) is 11.5. The van der Waals surface area contributed by atoms with Crippen LogP contribution in [0.25, 0.3) is 0 Å². The third-order valence-corrected chi connectivity index (χ3v) is 3.10. The Morgan fingerprint density at radius 3 is 2.53 bits per heavy atom. The minimum Gasteiger partial charge on any atom is -0.493 e. The topological polar surface area (TPSA) is 76.1 Å². The Balaban J connectivity index is 1.92. The molecule has 4 heteroatoms. The molecule has 0 spiro atoms. The van der Waals surface area contributed by atoms with Crippen molar-refractivity contribution in [3.8, 4) is 11.8 Å². The highest BCUT2D eigenvalue weighted by Crippen LogP contribution is 2.48. The van der Waals surface area contributed by atoms with E-state index in [0.717, 1.165) is 12.8 Å². The summed E-state index contributed by atoms with van der Waals surface area (Å²) in [5, 5.41) is 8.68. The number of ether oxygens (including phenoxy) is 1. The van der Waals surface area contributed by atoms with E-state index >= 15 is 0 Å². The number of nitrogens with zero attached hydrogens (tertiary/aromatic N) is 1. The molecule has 1 saturated carbocycles. The van der Waals surface area contributed by atoms with Crippen LogP contribution in [0.2, 0.25) is 0 Å². The lowest BCUT2D eigenvalue weighted by Crippen LogP contribution is -2.13. The van der Waals surface area contributed by atoms with E-state index in [1.54, 1.807) is 24.3 Å². The molecule has 0 radical (unpaired) electrons. The fourth-order valence-corrected chi connectivity index (χ4v) is 1.67. The van der Waals surface area contributed by atoms with Crippen molar-refractivity contribution in [2.75, 3.05) is 6.61 Å². The zero-order valence-electron chi connectivity index (χ0n) is 9.48. The molecule has 0 aliphatic heterocycles. The summed E-state index contributed by atoms with van der Waals surface area (Å²) in [6.45, 7) is 0.566. The van der Waals surface area contributed by atoms with E-state index in [1.807, 2.05) is 0 Å². The molecule has 0 heterocycles. The molecular weight excluding hydrogens is 216 g/mol. The van der Waals surface area contributed by atoms with E-state index in [1.165, 1.54) is 0 Å². The van der Waals surface area contributed by atoms with Gasteiger partial charge in [-0.05, 0) is 37.1 Å². The van der Waals surface area contributed by atoms with Gasteiger partial charge >= 0.3 is 0 Å². The lowest BCUT2D eigenvalue weighted by Gasteiger charge is -2.12. The number of carbonyl (C=O) groups excluding carboxylic acids is 1. The Morgan fingerprint density at radius 1 is 1.41 bits per heavy atom. The maximum Gasteiger partial charge on any atom is 0.248 e. The number of nitrogens with two attached hydrogens (primary N) is 1. The molecule has 2 rings (SSSR count). The van der Waals surface area contributed by atoms with Crippen LogP contribution >= 0.6 is 0 Å². The number of hydrogen-bond donors (Lipinski definition) is 1. The molecule has 1 fully saturated rings. The molecule has 1 amide bonds. The largest absolute Gasteiger partial charge is 0.493 e. The summed E-state index contributed by atoms with van der Waals surface area (Å²) in [5.74, 6) is 0.263. The minimum atomic E-state index is -0.445. The smallest absolute Gasteiger partial charge is 0.248 e. The van der Waals surface area contributed by atoms with Crippen molar-refractivity contribution in [3.63, 3.8) is 0 Å². The minimum absolute atomic E-state index is 0.0666. The predicted molar refractivity (Wildman–Crippen MR) is 62.4 cm³/mol. The van der Waals surface area contributed by atoms with Gasteiger partial charge in [-0.2, -0.15) is 5.26 Å². The Labute approximate surface area is 100.0 Å². The first-order chi connectivity index (χ1) is 8.15. The molecule has 0 bridgehead atoms. The van der Waals surface area contributed by atoms with E-state index in [-0.39, 0.29) is 5.41 Å². The van der Waals surface area contributed by atoms with Gasteiger partial charge in [0.1, 0.15) is 5.75 Å². The Bertz CT molecular complexity index is 455. The molecule has 4 nitrogen and oxygen atoms in total. The van der Waals surface area contributed by atoms with Crippen molar-refractivity contribution < 1.29 is 9.53 Å². The Kier molecular flexibility index (Phi) is 3.01. The van der Waals surface area contributed by atoms with Gasteiger partial charge in [-0.15, -0.1) is 0 Å². The highest BCUT2D eigenvalue weighted by molar-refractivity contribution is 5.92. The normalized spacial score (nSPS) is 15.9. The quantitative estimate of drug-likeness (QED) is 0.838. The van der Waals surface area contributed by atoms with Crippen molar-refractivity contribution in [1.29, 1.82) is 5.26 Å². The number of carbonyl (C=O) groups is 1. The second-order valence-corrected chi connectivity index (χ2v) is 4.51. The number of benzene rings is 1. The standard InChI is InChI=1S/C13H14N2O2/c14-8-7-13(5-6-13)9-17-11-3-1-10(2-4-11)12(15)16/h1-4H,5-7,9H2,(H2,15,16). The van der Waals surface area contributed by atoms with Gasteiger partial charge in [0.15, 0.2) is 0 Å². The van der Waals surface area contributed by atoms with Gasteiger partial charge in [0.05, 0.1) is 12.7 Å². The van der Waals surface area contributed by atoms with Crippen LogP contribution in [0, 0.1) is 16.7 Å². The third-order valence-electron chi connectivity index (χ3n) is 3.10. The van der Waals surface area contributed by atoms with Crippen molar-refractivity contribution in [2.24, 2.45) is 11.1 Å². The van der Waals surface area contributed by atoms with Crippen molar-refractivity contribution in [2.45, 2.75) is 19.3 Å². The van der Waals surface area contributed by atoms with Gasteiger partial charge < -0.3 is 10.5 Å². The first-order valence-corrected chi connectivity index (χ1v) is 5.55. The van der Waals surface area contributed by atoms with E-state index in [9.17, 15) is 4.79 Å². The molecule has 0 aromatic heterocycles. The summed E-state index contributed by atoms with van der Waals surface area (Å²) in [5.41, 5.74) is 5.68. The molecule has 1 aromatic rings. The van der Waals surface area contributed by atoms with Crippen LogP contribution in [0.15, 0.2) is 24.3 Å². The number of amides is 1. The van der Waals surface area contributed by atoms with Gasteiger partial charge in [0.25, 0.3) is 0 Å². The Morgan fingerprint density at radius 2 is 2.06 bits per heavy atom. The Hall–Kier alpha value is -2.02. The van der Waals surface area contributed by atoms with Crippen molar-refractivity contribution in [3.05, 3.63) is 29.8 Å². The van der Waals surface area contributed by atoms with Crippen LogP contribution in [0.1, 0.15) is 29.6 Å². The maximum absolute atomic E-state index is 10.9. The molecule has 1 aromatic carbocycles. The average molecular weight is 230 g/mol. The third kappa shape index (κ3) is 2.76. The number of hydrogen-bond acceptors (Lipinski definition) is 3. The van der Waals surface area contributed by atoms with Crippen LogP contribution in [-0.2, 0) is 0 Å². The molecular formula is C13H14N2O2. The SMILES string of the molecule is N#CCC1(COc2ccc(C(N)=O)cc2)CC1. The molecule has 0 saturated heterocycles. The summed E-state index contributed by atoms with van der Waals surface area (Å²) >= 11 is 0. The van der Waals surface area contributed by atoms with Crippen LogP contribution in [0.4, 0.5) is 0 Å². The van der Waals surface area contributed by atoms with E-state index in [2.05, 4.69) is 6.07 Å². The van der Waals surface area contributed by atoms with Gasteiger partial charge in [0, 0.05) is 17.4 Å². The van der Waals surface area contributed by atoms with Crippen molar-refractivity contribution >= 4 is 5.91 Å². The summed E-state index contributed by atoms with van der Waals surface area (Å²) in [7, 11) is 0. The monoisotopic (exact) mass is 230 g/mol. The average Bonchev–Trinajstić information content (AvgIpc) is 3.08.